The van der Waals surface area contributed by atoms with Crippen molar-refractivity contribution in [2.45, 2.75) is 18.9 Å². The lowest BCUT2D eigenvalue weighted by Crippen LogP contribution is -2.55. The van der Waals surface area contributed by atoms with Crippen LogP contribution in [-0.2, 0) is 0 Å². The van der Waals surface area contributed by atoms with E-state index in [9.17, 15) is 4.79 Å². The molecule has 2 amide bonds. The molecule has 1 N–H and O–H groups in total. The number of amides is 2. The van der Waals surface area contributed by atoms with Gasteiger partial charge in [-0.05, 0) is 45.1 Å². The van der Waals surface area contributed by atoms with Crippen molar-refractivity contribution in [1.29, 1.82) is 0 Å². The van der Waals surface area contributed by atoms with E-state index in [1.807, 2.05) is 35.2 Å². The molecule has 0 unspecified atom stereocenters. The fraction of sp³-hybridized carbons (Fsp3) is 0.632. The second-order valence-corrected chi connectivity index (χ2v) is 6.95. The topological polar surface area (TPSA) is 48.0 Å². The number of rotatable bonds is 5. The minimum Gasteiger partial charge on any atom is -0.492 e. The molecule has 2 aliphatic rings. The minimum absolute atomic E-state index is 0.0275. The highest BCUT2D eigenvalue weighted by molar-refractivity contribution is 5.74. The number of hydrogen-bond donors (Lipinski definition) is 1. The highest BCUT2D eigenvalue weighted by atomic mass is 16.5. The summed E-state index contributed by atoms with van der Waals surface area (Å²) in [5.41, 5.74) is 0. The van der Waals surface area contributed by atoms with E-state index >= 15 is 0 Å². The molecular formula is C19H30N4O2. The van der Waals surface area contributed by atoms with Crippen LogP contribution in [0.3, 0.4) is 0 Å². The summed E-state index contributed by atoms with van der Waals surface area (Å²) in [5.74, 6) is 0.837. The first-order valence-corrected chi connectivity index (χ1v) is 9.35. The highest BCUT2D eigenvalue weighted by Crippen LogP contribution is 2.17. The van der Waals surface area contributed by atoms with Crippen molar-refractivity contribution in [3.8, 4) is 5.75 Å². The number of carbonyl (C=O) groups is 1. The van der Waals surface area contributed by atoms with Gasteiger partial charge in [-0.25, -0.2) is 4.79 Å². The Balaban J connectivity index is 1.31. The molecule has 0 aliphatic carbocycles. The molecule has 3 rings (SSSR count). The third-order valence-corrected chi connectivity index (χ3v) is 5.20. The van der Waals surface area contributed by atoms with Gasteiger partial charge in [0.2, 0.25) is 0 Å². The SMILES string of the molecule is CN1CCC(N2CCN(C(=O)NCCOc3ccccc3)CC2)CC1. The average molecular weight is 346 g/mol. The summed E-state index contributed by atoms with van der Waals surface area (Å²) in [7, 11) is 2.19. The van der Waals surface area contributed by atoms with E-state index in [0.717, 1.165) is 31.9 Å². The van der Waals surface area contributed by atoms with Crippen LogP contribution in [-0.4, -0.2) is 86.2 Å². The Labute approximate surface area is 150 Å². The van der Waals surface area contributed by atoms with E-state index in [-0.39, 0.29) is 6.03 Å². The molecule has 0 aromatic heterocycles. The van der Waals surface area contributed by atoms with Crippen molar-refractivity contribution in [3.05, 3.63) is 30.3 Å². The van der Waals surface area contributed by atoms with Gasteiger partial charge in [0, 0.05) is 32.2 Å². The molecular weight excluding hydrogens is 316 g/mol. The lowest BCUT2D eigenvalue weighted by Gasteiger charge is -2.42. The average Bonchev–Trinajstić information content (AvgIpc) is 2.67. The van der Waals surface area contributed by atoms with Crippen molar-refractivity contribution in [1.82, 2.24) is 20.0 Å². The maximum Gasteiger partial charge on any atom is 0.317 e. The van der Waals surface area contributed by atoms with Crippen molar-refractivity contribution < 1.29 is 9.53 Å². The van der Waals surface area contributed by atoms with Crippen LogP contribution < -0.4 is 10.1 Å². The zero-order chi connectivity index (χ0) is 17.5. The number of ether oxygens (including phenoxy) is 1. The molecule has 0 bridgehead atoms. The summed E-state index contributed by atoms with van der Waals surface area (Å²) in [4.78, 5) is 19.2. The monoisotopic (exact) mass is 346 g/mol. The smallest absolute Gasteiger partial charge is 0.317 e. The van der Waals surface area contributed by atoms with Gasteiger partial charge >= 0.3 is 6.03 Å². The van der Waals surface area contributed by atoms with E-state index < -0.39 is 0 Å². The minimum atomic E-state index is 0.0275. The molecule has 2 aliphatic heterocycles. The van der Waals surface area contributed by atoms with Crippen LogP contribution in [0.5, 0.6) is 5.75 Å². The molecule has 1 aromatic rings. The zero-order valence-electron chi connectivity index (χ0n) is 15.2. The lowest BCUT2D eigenvalue weighted by molar-refractivity contribution is 0.0747. The fourth-order valence-electron chi connectivity index (χ4n) is 3.61. The maximum atomic E-state index is 12.3. The first-order chi connectivity index (χ1) is 12.2. The van der Waals surface area contributed by atoms with E-state index in [0.29, 0.717) is 19.2 Å². The molecule has 0 spiro atoms. The van der Waals surface area contributed by atoms with Crippen LogP contribution in [0.15, 0.2) is 30.3 Å². The van der Waals surface area contributed by atoms with Gasteiger partial charge in [0.15, 0.2) is 0 Å². The molecule has 2 fully saturated rings. The quantitative estimate of drug-likeness (QED) is 0.821. The predicted molar refractivity (Wildman–Crippen MR) is 99.0 cm³/mol. The van der Waals surface area contributed by atoms with Crippen molar-refractivity contribution >= 4 is 6.03 Å². The van der Waals surface area contributed by atoms with Crippen LogP contribution in [0, 0.1) is 0 Å². The summed E-state index contributed by atoms with van der Waals surface area (Å²) < 4.78 is 5.60. The van der Waals surface area contributed by atoms with Crippen LogP contribution in [0.2, 0.25) is 0 Å². The number of carbonyl (C=O) groups excluding carboxylic acids is 1. The van der Waals surface area contributed by atoms with Crippen LogP contribution in [0.25, 0.3) is 0 Å². The van der Waals surface area contributed by atoms with E-state index in [1.54, 1.807) is 0 Å². The Morgan fingerprint density at radius 2 is 1.76 bits per heavy atom. The summed E-state index contributed by atoms with van der Waals surface area (Å²) in [6.07, 6.45) is 2.50. The highest BCUT2D eigenvalue weighted by Gasteiger charge is 2.27. The maximum absolute atomic E-state index is 12.3. The number of nitrogens with zero attached hydrogens (tertiary/aromatic N) is 3. The van der Waals surface area contributed by atoms with Gasteiger partial charge in [-0.15, -0.1) is 0 Å². The Bertz CT molecular complexity index is 523. The number of hydrogen-bond acceptors (Lipinski definition) is 4. The van der Waals surface area contributed by atoms with E-state index in [4.69, 9.17) is 4.74 Å². The molecule has 138 valence electrons. The van der Waals surface area contributed by atoms with Crippen LogP contribution in [0.4, 0.5) is 4.79 Å². The van der Waals surface area contributed by atoms with Gasteiger partial charge in [0.25, 0.3) is 0 Å². The van der Waals surface area contributed by atoms with Gasteiger partial charge in [0.1, 0.15) is 12.4 Å². The third-order valence-electron chi connectivity index (χ3n) is 5.20. The molecule has 1 aromatic carbocycles. The number of piperidine rings is 1. The molecule has 2 saturated heterocycles. The van der Waals surface area contributed by atoms with Crippen LogP contribution >= 0.6 is 0 Å². The second-order valence-electron chi connectivity index (χ2n) is 6.95. The van der Waals surface area contributed by atoms with Crippen molar-refractivity contribution in [2.75, 3.05) is 59.5 Å². The first-order valence-electron chi connectivity index (χ1n) is 9.35. The third kappa shape index (κ3) is 5.34. The zero-order valence-corrected chi connectivity index (χ0v) is 15.2. The number of urea groups is 1. The fourth-order valence-corrected chi connectivity index (χ4v) is 3.61. The number of likely N-dealkylation sites (tertiary alicyclic amines) is 1. The van der Waals surface area contributed by atoms with Crippen molar-refractivity contribution in [2.24, 2.45) is 0 Å². The Kier molecular flexibility index (Phi) is 6.53. The van der Waals surface area contributed by atoms with Gasteiger partial charge in [0.05, 0.1) is 6.54 Å². The van der Waals surface area contributed by atoms with Crippen LogP contribution in [0.1, 0.15) is 12.8 Å². The molecule has 0 atom stereocenters. The molecule has 0 radical (unpaired) electrons. The van der Waals surface area contributed by atoms with Gasteiger partial charge in [-0.3, -0.25) is 4.90 Å². The standard InChI is InChI=1S/C19H30N4O2/c1-21-10-7-17(8-11-21)22-12-14-23(15-13-22)19(24)20-9-16-25-18-5-3-2-4-6-18/h2-6,17H,7-16H2,1H3,(H,20,24). The Hall–Kier alpha value is -1.79. The van der Waals surface area contributed by atoms with Gasteiger partial charge in [-0.1, -0.05) is 18.2 Å². The molecule has 25 heavy (non-hydrogen) atoms. The lowest BCUT2D eigenvalue weighted by atomic mass is 10.0. The molecule has 6 nitrogen and oxygen atoms in total. The number of nitrogens with one attached hydrogen (secondary N) is 1. The second kappa shape index (κ2) is 9.06. The number of para-hydroxylation sites is 1. The molecule has 2 heterocycles. The molecule has 0 saturated carbocycles. The summed E-state index contributed by atoms with van der Waals surface area (Å²) in [6, 6.07) is 10.4. The van der Waals surface area contributed by atoms with E-state index in [2.05, 4.69) is 22.2 Å². The Morgan fingerprint density at radius 1 is 1.08 bits per heavy atom. The Morgan fingerprint density at radius 3 is 2.44 bits per heavy atom. The van der Waals surface area contributed by atoms with Gasteiger partial charge in [-0.2, -0.15) is 0 Å². The van der Waals surface area contributed by atoms with Crippen molar-refractivity contribution in [3.63, 3.8) is 0 Å². The summed E-state index contributed by atoms with van der Waals surface area (Å²) in [6.45, 7) is 7.01. The number of benzene rings is 1. The normalized spacial score (nSPS) is 20.4. The summed E-state index contributed by atoms with van der Waals surface area (Å²) >= 11 is 0. The predicted octanol–water partition coefficient (Wildman–Crippen LogP) is 1.49. The van der Waals surface area contributed by atoms with E-state index in [1.165, 1.54) is 25.9 Å². The summed E-state index contributed by atoms with van der Waals surface area (Å²) in [5, 5.41) is 2.96. The number of piperazine rings is 1. The first kappa shape index (κ1) is 18.0. The molecule has 6 heteroatoms. The van der Waals surface area contributed by atoms with Gasteiger partial charge < -0.3 is 19.9 Å². The largest absolute Gasteiger partial charge is 0.492 e.